The molecule has 0 aromatic heterocycles. The number of β-amino-alcohol motifs (C(OH)–C–C–N with tert-alkyl or cyclic N) is 1. The molecular formula is C47H72Cl2N2O17Sn. The minimum atomic E-state index is -0.853. The van der Waals surface area contributed by atoms with E-state index in [4.69, 9.17) is 61.2 Å². The van der Waals surface area contributed by atoms with E-state index < -0.39 is 36.8 Å². The van der Waals surface area contributed by atoms with Crippen molar-refractivity contribution in [2.45, 2.75) is 86.9 Å². The summed E-state index contributed by atoms with van der Waals surface area (Å²) in [5, 5.41) is 38.3. The first-order chi connectivity index (χ1) is 31.6. The van der Waals surface area contributed by atoms with Gasteiger partial charge in [0.2, 0.25) is 0 Å². The summed E-state index contributed by atoms with van der Waals surface area (Å²) >= 11 is -0.826. The van der Waals surface area contributed by atoms with Gasteiger partial charge in [-0.1, -0.05) is 30.7 Å². The molecule has 22 heteroatoms. The molecule has 2 aromatic carbocycles. The molecule has 0 amide bonds. The van der Waals surface area contributed by atoms with Crippen LogP contribution >= 0.6 is 17.8 Å². The zero-order chi connectivity index (χ0) is 48.8. The number of aliphatic hydroxyl groups excluding tert-OH is 1. The molecule has 19 nitrogen and oxygen atoms in total. The molecule has 4 aliphatic heterocycles. The number of benzene rings is 2. The predicted octanol–water partition coefficient (Wildman–Crippen LogP) is 4.55. The number of carboxylic acid groups (broad SMARTS) is 1. The van der Waals surface area contributed by atoms with Crippen molar-refractivity contribution in [3.05, 3.63) is 67.8 Å². The zero-order valence-corrected chi connectivity index (χ0v) is 44.1. The van der Waals surface area contributed by atoms with Crippen LogP contribution in [0.3, 0.4) is 0 Å². The number of fused-ring (bicyclic) bond motifs is 2. The molecule has 69 heavy (non-hydrogen) atoms. The van der Waals surface area contributed by atoms with E-state index in [0.717, 1.165) is 88.0 Å². The Labute approximate surface area is 422 Å². The summed E-state index contributed by atoms with van der Waals surface area (Å²) in [5.41, 5.74) is 6.27. The summed E-state index contributed by atoms with van der Waals surface area (Å²) in [4.78, 5) is 50.8. The number of morpholine rings is 2. The number of aliphatic hydroxyl groups is 1. The summed E-state index contributed by atoms with van der Waals surface area (Å²) in [5.74, 6) is -1.25. The Morgan fingerprint density at radius 2 is 1.10 bits per heavy atom. The average Bonchev–Trinajstić information content (AvgIpc) is 3.90. The molecule has 0 spiro atoms. The molecule has 6 rings (SSSR count). The van der Waals surface area contributed by atoms with Crippen LogP contribution in [0.2, 0.25) is 0 Å². The molecule has 4 aliphatic rings. The zero-order valence-electron chi connectivity index (χ0n) is 39.7. The van der Waals surface area contributed by atoms with E-state index in [1.807, 2.05) is 39.8 Å². The number of halogens is 2. The van der Waals surface area contributed by atoms with Crippen molar-refractivity contribution in [2.24, 2.45) is 0 Å². The number of phenols is 2. The number of carbonyl (C=O) groups excluding carboxylic acids is 3. The fraction of sp³-hybridized carbons (Fsp3) is 0.574. The van der Waals surface area contributed by atoms with Crippen molar-refractivity contribution in [3.8, 4) is 23.0 Å². The van der Waals surface area contributed by atoms with Gasteiger partial charge >= 0.3 is 60.6 Å². The van der Waals surface area contributed by atoms with E-state index in [9.17, 15) is 29.4 Å². The molecule has 0 unspecified atom stereocenters. The number of hydrogen-bond donors (Lipinski definition) is 4. The number of aliphatic carboxylic acids is 1. The molecule has 0 atom stereocenters. The number of aromatic hydroxyl groups is 2. The minimum absolute atomic E-state index is 0. The Balaban J connectivity index is 0.00000107. The van der Waals surface area contributed by atoms with Gasteiger partial charge in [0.25, 0.3) is 0 Å². The molecule has 0 bridgehead atoms. The van der Waals surface area contributed by atoms with Crippen LogP contribution in [0.4, 0.5) is 0 Å². The molecule has 8 N–H and O–H groups in total. The number of carbonyl (C=O) groups is 4. The summed E-state index contributed by atoms with van der Waals surface area (Å²) < 4.78 is 36.7. The van der Waals surface area contributed by atoms with Crippen molar-refractivity contribution in [3.63, 3.8) is 0 Å². The number of rotatable bonds is 17. The quantitative estimate of drug-likeness (QED) is 0.0731. The van der Waals surface area contributed by atoms with Crippen LogP contribution in [0.25, 0.3) is 0 Å². The summed E-state index contributed by atoms with van der Waals surface area (Å²) in [6.07, 6.45) is 5.86. The standard InChI is InChI=1S/C23H31NO7.C17H20O6.C6H13NO2.CH4.2ClH.2H2O.Sn/c1-15(5-7-19(25)30-13-10-24-8-11-29-12-9-24)4-6-17-21(26)20-18(14-31-23(20)27)16(2)22(17)28-3;1-9(5-7-13(18)19)4-6-11-15(20)14-12(8-23-17(14)21)10(2)16(11)22-3;8-4-1-7-2-5-9-6-3-7;;;;;;/h4,26H,5-14H2,1-3H3;4,20H,5-8H2,1-3H3,(H,18,19);8H,1-6H2;1H4;2*1H;2*1H2;/q;;;;;;;;+2/p-2/b15-4+;9-4+;;;;;;;. The van der Waals surface area contributed by atoms with Crippen LogP contribution in [0.15, 0.2) is 23.3 Å². The van der Waals surface area contributed by atoms with E-state index in [1.165, 1.54) is 7.11 Å². The summed E-state index contributed by atoms with van der Waals surface area (Å²) in [7, 11) is 12.9. The second-order valence-corrected chi connectivity index (χ2v) is 19.9. The fourth-order valence-electron chi connectivity index (χ4n) is 7.57. The molecule has 2 fully saturated rings. The van der Waals surface area contributed by atoms with Crippen LogP contribution in [0.1, 0.15) is 101 Å². The first-order valence-electron chi connectivity index (χ1n) is 21.7. The van der Waals surface area contributed by atoms with Gasteiger partial charge in [-0.2, -0.15) is 0 Å². The monoisotopic (exact) mass is 1130 g/mol. The van der Waals surface area contributed by atoms with Gasteiger partial charge in [0.15, 0.2) is 0 Å². The number of nitrogens with zero attached hydrogens (tertiary/aromatic N) is 2. The van der Waals surface area contributed by atoms with E-state index in [-0.39, 0.29) is 73.2 Å². The second-order valence-electron chi connectivity index (χ2n) is 15.7. The molecule has 2 aromatic rings. The second kappa shape index (κ2) is 34.4. The van der Waals surface area contributed by atoms with Gasteiger partial charge in [-0.25, -0.2) is 9.59 Å². The van der Waals surface area contributed by atoms with Gasteiger partial charge in [0.05, 0.1) is 47.3 Å². The Kier molecular flexibility index (Phi) is 32.5. The van der Waals surface area contributed by atoms with Crippen molar-refractivity contribution in [2.75, 3.05) is 93.1 Å². The first kappa shape index (κ1) is 65.1. The van der Waals surface area contributed by atoms with Gasteiger partial charge in [0, 0.05) is 74.4 Å². The van der Waals surface area contributed by atoms with E-state index in [1.54, 1.807) is 7.11 Å². The number of carboxylic acids is 1. The molecule has 4 heterocycles. The molecular weight excluding hydrogens is 1050 g/mol. The van der Waals surface area contributed by atoms with Crippen LogP contribution in [-0.4, -0.2) is 177 Å². The third-order valence-corrected chi connectivity index (χ3v) is 11.4. The van der Waals surface area contributed by atoms with Gasteiger partial charge in [-0.15, -0.1) is 0 Å². The van der Waals surface area contributed by atoms with Gasteiger partial charge < -0.3 is 64.5 Å². The predicted molar refractivity (Wildman–Crippen MR) is 262 cm³/mol. The topological polar surface area (TPSA) is 283 Å². The number of esters is 3. The third kappa shape index (κ3) is 20.0. The maximum absolute atomic E-state index is 12.0. The molecule has 2 radical (unpaired) electrons. The fourth-order valence-corrected chi connectivity index (χ4v) is 7.57. The number of allylic oxidation sites excluding steroid dienone is 4. The molecule has 2 saturated heterocycles. The van der Waals surface area contributed by atoms with E-state index in [2.05, 4.69) is 9.80 Å². The van der Waals surface area contributed by atoms with E-state index in [0.29, 0.717) is 72.5 Å². The van der Waals surface area contributed by atoms with E-state index >= 15 is 0 Å². The summed E-state index contributed by atoms with van der Waals surface area (Å²) in [6, 6.07) is 0. The average molecular weight is 1130 g/mol. The Morgan fingerprint density at radius 1 is 0.710 bits per heavy atom. The number of hydrogen-bond acceptors (Lipinski definition) is 16. The van der Waals surface area contributed by atoms with Crippen LogP contribution < -0.4 is 9.47 Å². The maximum atomic E-state index is 12.0. The van der Waals surface area contributed by atoms with Crippen molar-refractivity contribution < 1.29 is 83.7 Å². The van der Waals surface area contributed by atoms with Crippen molar-refractivity contribution in [1.82, 2.24) is 9.80 Å². The number of ether oxygens (including phenoxy) is 7. The van der Waals surface area contributed by atoms with Crippen molar-refractivity contribution in [1.29, 1.82) is 0 Å². The first-order valence-corrected chi connectivity index (χ1v) is 28.9. The number of methoxy groups -OCH3 is 2. The molecule has 0 saturated carbocycles. The van der Waals surface area contributed by atoms with Crippen LogP contribution in [0.5, 0.6) is 23.0 Å². The van der Waals surface area contributed by atoms with Crippen molar-refractivity contribution >= 4 is 60.6 Å². The molecule has 390 valence electrons. The number of phenolic OH excluding ortho intramolecular Hbond substituents is 2. The van der Waals surface area contributed by atoms with Crippen LogP contribution in [0, 0.1) is 13.8 Å². The normalized spacial score (nSPS) is 15.3. The van der Waals surface area contributed by atoms with Crippen LogP contribution in [-0.2, 0) is 59.3 Å². The Hall–Kier alpha value is -3.90. The Morgan fingerprint density at radius 3 is 1.48 bits per heavy atom. The summed E-state index contributed by atoms with van der Waals surface area (Å²) in [6.45, 7) is 16.7. The van der Waals surface area contributed by atoms with Gasteiger partial charge in [0.1, 0.15) is 53.9 Å². The van der Waals surface area contributed by atoms with Gasteiger partial charge in [-0.3, -0.25) is 19.4 Å². The third-order valence-electron chi connectivity index (χ3n) is 11.4. The SMILES string of the molecule is C.COc1c(C)c2c(c(O)c1C/C=C(\C)CCC(=O)O)C(=O)OC2.COc1c(C)c2c(c(O)c1C/C=C(\C)CCC(=O)OCCN1CCOCC1)C(=O)OC2.O.O.OCCN1CCOCC1.[Cl][Sn][Cl]. The Bertz CT molecular complexity index is 2020. The number of cyclic esters (lactones) is 2. The molecule has 0 aliphatic carbocycles. The van der Waals surface area contributed by atoms with Gasteiger partial charge in [-0.05, 0) is 64.5 Å².